The average molecular weight is 453 g/mol. The van der Waals surface area contributed by atoms with Gasteiger partial charge in [-0.15, -0.1) is 13.2 Å². The number of nitrogens with two attached hydrogens (primary N) is 1. The number of alkyl halides is 3. The van der Waals surface area contributed by atoms with E-state index in [2.05, 4.69) is 26.2 Å². The molecule has 2 saturated heterocycles. The zero-order valence-electron chi connectivity index (χ0n) is 17.6. The van der Waals surface area contributed by atoms with Gasteiger partial charge in [0.2, 0.25) is 0 Å². The molecule has 0 spiro atoms. The van der Waals surface area contributed by atoms with Crippen LogP contribution in [-0.2, 0) is 16.0 Å². The van der Waals surface area contributed by atoms with Crippen LogP contribution in [0, 0.1) is 0 Å². The Morgan fingerprint density at radius 2 is 2.06 bits per heavy atom. The van der Waals surface area contributed by atoms with Crippen molar-refractivity contribution in [3.05, 3.63) is 36.6 Å². The van der Waals surface area contributed by atoms with E-state index in [9.17, 15) is 13.2 Å². The molecule has 0 aromatic carbocycles. The van der Waals surface area contributed by atoms with Crippen molar-refractivity contribution < 1.29 is 27.4 Å². The van der Waals surface area contributed by atoms with Gasteiger partial charge in [-0.3, -0.25) is 0 Å². The Balaban J connectivity index is 1.57. The number of nitrogens with zero attached hydrogens (tertiary/aromatic N) is 4. The van der Waals surface area contributed by atoms with Crippen molar-refractivity contribution in [2.45, 2.75) is 38.3 Å². The van der Waals surface area contributed by atoms with Crippen molar-refractivity contribution in [3.63, 3.8) is 0 Å². The number of ether oxygens (including phenoxy) is 3. The van der Waals surface area contributed by atoms with Crippen LogP contribution in [0.3, 0.4) is 0 Å². The van der Waals surface area contributed by atoms with E-state index in [0.29, 0.717) is 44.0 Å². The molecule has 0 saturated carbocycles. The van der Waals surface area contributed by atoms with Gasteiger partial charge in [-0.1, -0.05) is 6.58 Å². The molecule has 4 rings (SSSR count). The van der Waals surface area contributed by atoms with Gasteiger partial charge >= 0.3 is 6.36 Å². The van der Waals surface area contributed by atoms with E-state index < -0.39 is 12.1 Å². The number of hydrogen-bond acceptors (Lipinski definition) is 7. The summed E-state index contributed by atoms with van der Waals surface area (Å²) in [6.07, 6.45) is 0.636. The predicted octanol–water partition coefficient (Wildman–Crippen LogP) is 3.51. The van der Waals surface area contributed by atoms with Crippen LogP contribution in [-0.4, -0.2) is 58.7 Å². The zero-order chi connectivity index (χ0) is 22.7. The van der Waals surface area contributed by atoms with Gasteiger partial charge in [0.05, 0.1) is 18.9 Å². The maximum absolute atomic E-state index is 12.7. The zero-order valence-corrected chi connectivity index (χ0v) is 17.6. The monoisotopic (exact) mass is 453 g/mol. The molecule has 0 radical (unpaired) electrons. The molecule has 8 nitrogen and oxygen atoms in total. The van der Waals surface area contributed by atoms with E-state index in [1.807, 2.05) is 4.57 Å². The Kier molecular flexibility index (Phi) is 6.56. The normalized spacial score (nSPS) is 19.3. The molecule has 174 valence electrons. The number of pyridine rings is 1. The molecule has 1 atom stereocenters. The van der Waals surface area contributed by atoms with Gasteiger partial charge in [0, 0.05) is 56.3 Å². The molecular weight excluding hydrogens is 427 g/mol. The van der Waals surface area contributed by atoms with Gasteiger partial charge in [-0.2, -0.15) is 0 Å². The molecule has 2 fully saturated rings. The van der Waals surface area contributed by atoms with Crippen LogP contribution in [0.15, 0.2) is 30.7 Å². The third-order valence-electron chi connectivity index (χ3n) is 5.53. The van der Waals surface area contributed by atoms with E-state index in [-0.39, 0.29) is 11.9 Å². The first-order chi connectivity index (χ1) is 15.3. The summed E-state index contributed by atoms with van der Waals surface area (Å²) in [5, 5.41) is 0. The fourth-order valence-corrected chi connectivity index (χ4v) is 3.88. The first-order valence-corrected chi connectivity index (χ1v) is 10.5. The molecule has 2 aromatic heterocycles. The number of anilines is 1. The lowest BCUT2D eigenvalue weighted by Gasteiger charge is -2.30. The molecule has 4 heterocycles. The lowest BCUT2D eigenvalue weighted by molar-refractivity contribution is -0.274. The van der Waals surface area contributed by atoms with Gasteiger partial charge in [0.15, 0.2) is 11.6 Å². The van der Waals surface area contributed by atoms with Gasteiger partial charge in [-0.25, -0.2) is 9.97 Å². The molecule has 2 N–H and O–H groups in total. The number of aromatic nitrogens is 3. The Hall–Kier alpha value is -2.79. The third-order valence-corrected chi connectivity index (χ3v) is 5.53. The van der Waals surface area contributed by atoms with Crippen molar-refractivity contribution in [1.82, 2.24) is 19.4 Å². The van der Waals surface area contributed by atoms with Crippen LogP contribution in [0.4, 0.5) is 19.0 Å². The second kappa shape index (κ2) is 9.37. The molecule has 2 aromatic rings. The first kappa shape index (κ1) is 22.4. The minimum absolute atomic E-state index is 0.159. The smallest absolute Gasteiger partial charge is 0.402 e. The topological polar surface area (TPSA) is 87.7 Å². The summed E-state index contributed by atoms with van der Waals surface area (Å²) in [6, 6.07) is 1.20. The standard InChI is InChI=1S/C21H26F3N5O3/c1-14(28-6-9-30-10-7-28)4-5-29-13-16(27-20(29)17-3-2-8-31-17)15-11-18(19(25)26-12-15)32-21(22,23)24/h11-13,17H,1-10H2,(H2,25,26). The summed E-state index contributed by atoms with van der Waals surface area (Å²) < 4.78 is 55.3. The Labute approximate surface area is 183 Å². The molecule has 1 unspecified atom stereocenters. The number of imidazole rings is 1. The van der Waals surface area contributed by atoms with E-state index in [4.69, 9.17) is 15.2 Å². The first-order valence-electron chi connectivity index (χ1n) is 10.5. The van der Waals surface area contributed by atoms with Crippen molar-refractivity contribution in [1.29, 1.82) is 0 Å². The van der Waals surface area contributed by atoms with Gasteiger partial charge < -0.3 is 29.4 Å². The summed E-state index contributed by atoms with van der Waals surface area (Å²) in [7, 11) is 0. The highest BCUT2D eigenvalue weighted by Gasteiger charge is 2.32. The summed E-state index contributed by atoms with van der Waals surface area (Å²) >= 11 is 0. The molecule has 0 bridgehead atoms. The van der Waals surface area contributed by atoms with Crippen molar-refractivity contribution in [2.75, 3.05) is 38.6 Å². The Morgan fingerprint density at radius 1 is 1.28 bits per heavy atom. The van der Waals surface area contributed by atoms with Crippen molar-refractivity contribution in [2.24, 2.45) is 0 Å². The summed E-state index contributed by atoms with van der Waals surface area (Å²) in [5.74, 6) is -0.155. The second-order valence-electron chi connectivity index (χ2n) is 7.75. The predicted molar refractivity (Wildman–Crippen MR) is 111 cm³/mol. The minimum Gasteiger partial charge on any atom is -0.402 e. The largest absolute Gasteiger partial charge is 0.573 e. The fraction of sp³-hybridized carbons (Fsp3) is 0.524. The molecule has 2 aliphatic heterocycles. The van der Waals surface area contributed by atoms with Crippen LogP contribution in [0.25, 0.3) is 11.3 Å². The number of allylic oxidation sites excluding steroid dienone is 1. The fourth-order valence-electron chi connectivity index (χ4n) is 3.88. The van der Waals surface area contributed by atoms with Crippen molar-refractivity contribution >= 4 is 5.82 Å². The molecule has 32 heavy (non-hydrogen) atoms. The molecule has 11 heteroatoms. The number of nitrogen functional groups attached to an aromatic ring is 1. The highest BCUT2D eigenvalue weighted by atomic mass is 19.4. The van der Waals surface area contributed by atoms with Crippen LogP contribution in [0.2, 0.25) is 0 Å². The summed E-state index contributed by atoms with van der Waals surface area (Å²) in [6.45, 7) is 8.46. The molecule has 2 aliphatic rings. The van der Waals surface area contributed by atoms with Crippen LogP contribution < -0.4 is 10.5 Å². The van der Waals surface area contributed by atoms with E-state index in [1.54, 1.807) is 6.20 Å². The van der Waals surface area contributed by atoms with Crippen LogP contribution in [0.5, 0.6) is 5.75 Å². The lowest BCUT2D eigenvalue weighted by atomic mass is 10.2. The average Bonchev–Trinajstić information content (AvgIpc) is 3.43. The van der Waals surface area contributed by atoms with Crippen LogP contribution in [0.1, 0.15) is 31.2 Å². The maximum Gasteiger partial charge on any atom is 0.573 e. The van der Waals surface area contributed by atoms with Gasteiger partial charge in [-0.05, 0) is 18.9 Å². The number of hydrogen-bond donors (Lipinski definition) is 1. The van der Waals surface area contributed by atoms with Gasteiger partial charge in [0.25, 0.3) is 0 Å². The van der Waals surface area contributed by atoms with E-state index >= 15 is 0 Å². The number of rotatable bonds is 7. The highest BCUT2D eigenvalue weighted by Crippen LogP contribution is 2.34. The number of halogens is 3. The highest BCUT2D eigenvalue weighted by molar-refractivity contribution is 5.63. The summed E-state index contributed by atoms with van der Waals surface area (Å²) in [5.41, 5.74) is 7.42. The number of aryl methyl sites for hydroxylation is 1. The maximum atomic E-state index is 12.7. The summed E-state index contributed by atoms with van der Waals surface area (Å²) in [4.78, 5) is 10.7. The third kappa shape index (κ3) is 5.33. The molecular formula is C21H26F3N5O3. The van der Waals surface area contributed by atoms with Gasteiger partial charge in [0.1, 0.15) is 11.9 Å². The Bertz CT molecular complexity index is 951. The quantitative estimate of drug-likeness (QED) is 0.686. The molecule has 0 amide bonds. The SMILES string of the molecule is C=C(CCn1cc(-c2cnc(N)c(OC(F)(F)F)c2)nc1C1CCCO1)N1CCOCC1. The van der Waals surface area contributed by atoms with E-state index in [0.717, 1.165) is 37.5 Å². The van der Waals surface area contributed by atoms with Crippen molar-refractivity contribution in [3.8, 4) is 17.0 Å². The minimum atomic E-state index is -4.86. The molecule has 0 aliphatic carbocycles. The second-order valence-corrected chi connectivity index (χ2v) is 7.75. The van der Waals surface area contributed by atoms with E-state index in [1.165, 1.54) is 12.3 Å². The van der Waals surface area contributed by atoms with Crippen LogP contribution >= 0.6 is 0 Å². The number of morpholine rings is 1. The Morgan fingerprint density at radius 3 is 2.75 bits per heavy atom. The lowest BCUT2D eigenvalue weighted by Crippen LogP contribution is -2.35.